The normalized spacial score (nSPS) is 10.2. The van der Waals surface area contributed by atoms with Gasteiger partial charge in [-0.2, -0.15) is 0 Å². The van der Waals surface area contributed by atoms with Crippen molar-refractivity contribution in [2.75, 3.05) is 0 Å². The van der Waals surface area contributed by atoms with Crippen molar-refractivity contribution in [3.63, 3.8) is 0 Å². The standard InChI is InChI=1S/C11H7Cl4NO2S/c1-3(2)16-10(19)4-5(11(17)18)7(13)9(15)8(14)6(4)12/h1H2,2H3,(H,16,19)(H,17,18). The Morgan fingerprint density at radius 1 is 1.11 bits per heavy atom. The largest absolute Gasteiger partial charge is 0.478 e. The lowest BCUT2D eigenvalue weighted by Gasteiger charge is -2.15. The predicted molar refractivity (Wildman–Crippen MR) is 83.1 cm³/mol. The first-order valence-electron chi connectivity index (χ1n) is 4.74. The molecule has 2 N–H and O–H groups in total. The summed E-state index contributed by atoms with van der Waals surface area (Å²) >= 11 is 28.7. The molecular formula is C11H7Cl4NO2S. The lowest BCUT2D eigenvalue weighted by molar-refractivity contribution is 0.0697. The number of nitrogens with one attached hydrogen (secondary N) is 1. The summed E-state index contributed by atoms with van der Waals surface area (Å²) in [7, 11) is 0. The molecule has 0 saturated heterocycles. The van der Waals surface area contributed by atoms with Crippen LogP contribution in [-0.4, -0.2) is 16.1 Å². The number of carbonyl (C=O) groups is 1. The monoisotopic (exact) mass is 357 g/mol. The van der Waals surface area contributed by atoms with Crippen molar-refractivity contribution in [2.24, 2.45) is 0 Å². The van der Waals surface area contributed by atoms with Gasteiger partial charge in [0.05, 0.1) is 25.7 Å². The van der Waals surface area contributed by atoms with Gasteiger partial charge in [0.1, 0.15) is 4.99 Å². The second kappa shape index (κ2) is 6.29. The number of aromatic carboxylic acids is 1. The zero-order chi connectivity index (χ0) is 14.9. The van der Waals surface area contributed by atoms with Gasteiger partial charge in [-0.3, -0.25) is 0 Å². The number of hydrogen-bond acceptors (Lipinski definition) is 2. The molecule has 19 heavy (non-hydrogen) atoms. The van der Waals surface area contributed by atoms with Crippen LogP contribution in [0.2, 0.25) is 20.1 Å². The summed E-state index contributed by atoms with van der Waals surface area (Å²) < 4.78 is 0. The van der Waals surface area contributed by atoms with Crippen LogP contribution in [0.25, 0.3) is 0 Å². The van der Waals surface area contributed by atoms with Crippen molar-refractivity contribution in [3.8, 4) is 0 Å². The Bertz CT molecular complexity index is 601. The number of halogens is 4. The number of thiocarbonyl (C=S) groups is 1. The average Bonchev–Trinajstić information content (AvgIpc) is 2.29. The van der Waals surface area contributed by atoms with E-state index < -0.39 is 5.97 Å². The second-order valence-corrected chi connectivity index (χ2v) is 5.47. The van der Waals surface area contributed by atoms with E-state index in [4.69, 9.17) is 58.6 Å². The molecule has 0 aliphatic rings. The molecule has 0 atom stereocenters. The van der Waals surface area contributed by atoms with E-state index in [1.807, 2.05) is 0 Å². The molecule has 0 spiro atoms. The fourth-order valence-electron chi connectivity index (χ4n) is 1.30. The van der Waals surface area contributed by atoms with E-state index in [0.717, 1.165) is 0 Å². The molecule has 0 fully saturated rings. The Labute approximate surface area is 135 Å². The van der Waals surface area contributed by atoms with E-state index in [9.17, 15) is 9.90 Å². The highest BCUT2D eigenvalue weighted by Gasteiger charge is 2.26. The van der Waals surface area contributed by atoms with E-state index in [1.54, 1.807) is 6.92 Å². The Balaban J connectivity index is 3.66. The van der Waals surface area contributed by atoms with Crippen molar-refractivity contribution >= 4 is 69.6 Å². The summed E-state index contributed by atoms with van der Waals surface area (Å²) in [4.78, 5) is 11.3. The highest BCUT2D eigenvalue weighted by molar-refractivity contribution is 7.80. The summed E-state index contributed by atoms with van der Waals surface area (Å²) in [5.41, 5.74) is 0.214. The Kier molecular flexibility index (Phi) is 5.47. The lowest BCUT2D eigenvalue weighted by atomic mass is 10.1. The van der Waals surface area contributed by atoms with Crippen molar-refractivity contribution in [3.05, 3.63) is 43.5 Å². The van der Waals surface area contributed by atoms with E-state index in [2.05, 4.69) is 11.9 Å². The third-order valence-electron chi connectivity index (χ3n) is 2.03. The lowest BCUT2D eigenvalue weighted by Crippen LogP contribution is -2.23. The minimum atomic E-state index is -1.31. The minimum Gasteiger partial charge on any atom is -0.478 e. The van der Waals surface area contributed by atoms with Gasteiger partial charge in [0.25, 0.3) is 0 Å². The van der Waals surface area contributed by atoms with Crippen LogP contribution in [0.1, 0.15) is 22.8 Å². The van der Waals surface area contributed by atoms with Crippen LogP contribution in [0.5, 0.6) is 0 Å². The van der Waals surface area contributed by atoms with Gasteiger partial charge in [0.15, 0.2) is 0 Å². The molecule has 8 heteroatoms. The van der Waals surface area contributed by atoms with Crippen LogP contribution in [0.15, 0.2) is 12.3 Å². The van der Waals surface area contributed by atoms with Crippen molar-refractivity contribution < 1.29 is 9.90 Å². The minimum absolute atomic E-state index is 0.00608. The predicted octanol–water partition coefficient (Wildman–Crippen LogP) is 4.80. The molecule has 0 aliphatic heterocycles. The molecular weight excluding hydrogens is 352 g/mol. The first kappa shape index (κ1) is 16.5. The Hall–Kier alpha value is -0.520. The van der Waals surface area contributed by atoms with Crippen LogP contribution in [0.3, 0.4) is 0 Å². The third-order valence-corrected chi connectivity index (χ3v) is 4.14. The van der Waals surface area contributed by atoms with Crippen LogP contribution < -0.4 is 5.32 Å². The van der Waals surface area contributed by atoms with Gasteiger partial charge in [-0.05, 0) is 6.92 Å². The van der Waals surface area contributed by atoms with Crippen LogP contribution in [0, 0.1) is 0 Å². The smallest absolute Gasteiger partial charge is 0.338 e. The fourth-order valence-corrected chi connectivity index (χ4v) is 2.76. The molecule has 3 nitrogen and oxygen atoms in total. The van der Waals surface area contributed by atoms with Crippen molar-refractivity contribution in [1.82, 2.24) is 5.32 Å². The number of benzene rings is 1. The molecule has 0 saturated carbocycles. The molecule has 0 aliphatic carbocycles. The van der Waals surface area contributed by atoms with Crippen LogP contribution >= 0.6 is 58.6 Å². The maximum atomic E-state index is 11.3. The number of rotatable bonds is 3. The summed E-state index contributed by atoms with van der Waals surface area (Å²) in [6.07, 6.45) is 0. The van der Waals surface area contributed by atoms with Gasteiger partial charge >= 0.3 is 5.97 Å². The summed E-state index contributed by atoms with van der Waals surface area (Å²) in [6, 6.07) is 0. The Morgan fingerprint density at radius 3 is 1.89 bits per heavy atom. The molecule has 0 bridgehead atoms. The number of carboxylic acids is 1. The molecule has 0 amide bonds. The maximum absolute atomic E-state index is 11.3. The molecule has 102 valence electrons. The SMILES string of the molecule is C=C(C)NC(=S)c1c(Cl)c(Cl)c(Cl)c(Cl)c1C(=O)O. The third kappa shape index (κ3) is 3.33. The van der Waals surface area contributed by atoms with E-state index in [1.165, 1.54) is 0 Å². The topological polar surface area (TPSA) is 49.3 Å². The van der Waals surface area contributed by atoms with Gasteiger partial charge in [0.2, 0.25) is 0 Å². The quantitative estimate of drug-likeness (QED) is 0.463. The van der Waals surface area contributed by atoms with Crippen LogP contribution in [-0.2, 0) is 0 Å². The summed E-state index contributed by atoms with van der Waals surface area (Å²) in [5.74, 6) is -1.31. The second-order valence-electron chi connectivity index (χ2n) is 3.55. The van der Waals surface area contributed by atoms with E-state index in [0.29, 0.717) is 5.70 Å². The fraction of sp³-hybridized carbons (Fsp3) is 0.0909. The molecule has 1 aromatic rings. The molecule has 0 radical (unpaired) electrons. The number of hydrogen-bond donors (Lipinski definition) is 2. The van der Waals surface area contributed by atoms with Gasteiger partial charge in [-0.15, -0.1) is 0 Å². The maximum Gasteiger partial charge on any atom is 0.338 e. The highest BCUT2D eigenvalue weighted by atomic mass is 35.5. The molecule has 1 rings (SSSR count). The number of carboxylic acid groups (broad SMARTS) is 1. The summed E-state index contributed by atoms with van der Waals surface area (Å²) in [6.45, 7) is 5.26. The zero-order valence-electron chi connectivity index (χ0n) is 9.48. The van der Waals surface area contributed by atoms with Gasteiger partial charge in [-0.1, -0.05) is 65.2 Å². The first-order chi connectivity index (χ1) is 8.68. The molecule has 0 unspecified atom stereocenters. The molecule has 1 aromatic carbocycles. The zero-order valence-corrected chi connectivity index (χ0v) is 13.3. The van der Waals surface area contributed by atoms with E-state index >= 15 is 0 Å². The van der Waals surface area contributed by atoms with Gasteiger partial charge in [-0.25, -0.2) is 4.79 Å². The average molecular weight is 359 g/mol. The van der Waals surface area contributed by atoms with Gasteiger partial charge < -0.3 is 10.4 Å². The van der Waals surface area contributed by atoms with Gasteiger partial charge in [0, 0.05) is 11.3 Å². The molecule has 0 aromatic heterocycles. The molecule has 0 heterocycles. The van der Waals surface area contributed by atoms with Crippen molar-refractivity contribution in [2.45, 2.75) is 6.92 Å². The van der Waals surface area contributed by atoms with Crippen molar-refractivity contribution in [1.29, 1.82) is 0 Å². The Morgan fingerprint density at radius 2 is 1.53 bits per heavy atom. The van der Waals surface area contributed by atoms with Crippen LogP contribution in [0.4, 0.5) is 0 Å². The van der Waals surface area contributed by atoms with E-state index in [-0.39, 0.29) is 36.2 Å². The first-order valence-corrected chi connectivity index (χ1v) is 6.66. The number of allylic oxidation sites excluding steroid dienone is 1. The highest BCUT2D eigenvalue weighted by Crippen LogP contribution is 2.41. The summed E-state index contributed by atoms with van der Waals surface area (Å²) in [5, 5.41) is 11.4.